The Hall–Kier alpha value is -0.0800. The number of rotatable bonds is 4. The molecule has 1 aliphatic carbocycles. The highest BCUT2D eigenvalue weighted by atomic mass is 16.5. The molecule has 1 aliphatic heterocycles. The van der Waals surface area contributed by atoms with Crippen molar-refractivity contribution in [2.45, 2.75) is 44.9 Å². The van der Waals surface area contributed by atoms with Crippen LogP contribution in [0.4, 0.5) is 0 Å². The van der Waals surface area contributed by atoms with Crippen LogP contribution in [0.25, 0.3) is 0 Å². The van der Waals surface area contributed by atoms with Gasteiger partial charge < -0.3 is 4.74 Å². The van der Waals surface area contributed by atoms with E-state index < -0.39 is 0 Å². The lowest BCUT2D eigenvalue weighted by Crippen LogP contribution is -2.36. The number of hydrogen-bond acceptors (Lipinski definition) is 2. The van der Waals surface area contributed by atoms with Crippen molar-refractivity contribution in [2.24, 2.45) is 5.92 Å². The lowest BCUT2D eigenvalue weighted by atomic mass is 9.86. The van der Waals surface area contributed by atoms with Gasteiger partial charge in [0.25, 0.3) is 0 Å². The van der Waals surface area contributed by atoms with Gasteiger partial charge in [0.1, 0.15) is 0 Å². The fourth-order valence-corrected chi connectivity index (χ4v) is 2.90. The quantitative estimate of drug-likeness (QED) is 0.709. The van der Waals surface area contributed by atoms with E-state index in [0.717, 1.165) is 32.2 Å². The van der Waals surface area contributed by atoms with E-state index in [1.165, 1.54) is 51.5 Å². The smallest absolute Gasteiger partial charge is 0.0594 e. The Morgan fingerprint density at radius 3 is 2.47 bits per heavy atom. The number of nitrogens with zero attached hydrogens (tertiary/aromatic N) is 1. The van der Waals surface area contributed by atoms with Crippen LogP contribution in [-0.4, -0.2) is 37.7 Å². The van der Waals surface area contributed by atoms with Gasteiger partial charge in [-0.15, -0.1) is 0 Å². The third-order valence-electron chi connectivity index (χ3n) is 3.92. The zero-order valence-corrected chi connectivity index (χ0v) is 9.92. The molecule has 0 N–H and O–H groups in total. The van der Waals surface area contributed by atoms with Crippen LogP contribution in [0.3, 0.4) is 0 Å². The topological polar surface area (TPSA) is 12.5 Å². The summed E-state index contributed by atoms with van der Waals surface area (Å²) in [7, 11) is 0. The van der Waals surface area contributed by atoms with Crippen LogP contribution in [0, 0.1) is 5.92 Å². The van der Waals surface area contributed by atoms with E-state index in [4.69, 9.17) is 4.74 Å². The molecule has 0 aromatic heterocycles. The standard InChI is InChI=1S/C13H25NO/c1-2-5-13(6-3-1)7-4-8-14-9-11-15-12-10-14/h13H,1-12H2. The second kappa shape index (κ2) is 6.49. The molecule has 0 aromatic carbocycles. The molecule has 1 saturated heterocycles. The van der Waals surface area contributed by atoms with E-state index in [2.05, 4.69) is 4.90 Å². The molecule has 2 rings (SSSR count). The van der Waals surface area contributed by atoms with Crippen molar-refractivity contribution in [3.05, 3.63) is 0 Å². The summed E-state index contributed by atoms with van der Waals surface area (Å²) < 4.78 is 5.35. The third-order valence-corrected chi connectivity index (χ3v) is 3.92. The Morgan fingerprint density at radius 1 is 1.00 bits per heavy atom. The highest BCUT2D eigenvalue weighted by molar-refractivity contribution is 4.68. The normalized spacial score (nSPS) is 25.6. The fraction of sp³-hybridized carbons (Fsp3) is 1.00. The van der Waals surface area contributed by atoms with Gasteiger partial charge in [0.15, 0.2) is 0 Å². The molecule has 88 valence electrons. The first-order valence-corrected chi connectivity index (χ1v) is 6.75. The number of morpholine rings is 1. The maximum Gasteiger partial charge on any atom is 0.0594 e. The summed E-state index contributed by atoms with van der Waals surface area (Å²) in [6.45, 7) is 5.52. The van der Waals surface area contributed by atoms with Gasteiger partial charge in [-0.25, -0.2) is 0 Å². The minimum absolute atomic E-state index is 0.948. The first kappa shape index (κ1) is 11.4. The fourth-order valence-electron chi connectivity index (χ4n) is 2.90. The predicted octanol–water partition coefficient (Wildman–Crippen LogP) is 2.68. The summed E-state index contributed by atoms with van der Waals surface area (Å²) in [6, 6.07) is 0. The lowest BCUT2D eigenvalue weighted by Gasteiger charge is -2.28. The Balaban J connectivity index is 1.53. The molecule has 0 spiro atoms. The van der Waals surface area contributed by atoms with E-state index in [1.54, 1.807) is 0 Å². The van der Waals surface area contributed by atoms with Crippen LogP contribution in [0.1, 0.15) is 44.9 Å². The number of hydrogen-bond donors (Lipinski definition) is 0. The Labute approximate surface area is 94.0 Å². The summed E-state index contributed by atoms with van der Waals surface area (Å²) in [5.74, 6) is 1.06. The van der Waals surface area contributed by atoms with Gasteiger partial charge in [-0.2, -0.15) is 0 Å². The maximum atomic E-state index is 5.35. The van der Waals surface area contributed by atoms with Crippen LogP contribution in [0.5, 0.6) is 0 Å². The Bertz CT molecular complexity index is 142. The zero-order valence-electron chi connectivity index (χ0n) is 9.92. The van der Waals surface area contributed by atoms with Gasteiger partial charge in [0.05, 0.1) is 13.2 Å². The third kappa shape index (κ3) is 4.12. The Morgan fingerprint density at radius 2 is 1.73 bits per heavy atom. The van der Waals surface area contributed by atoms with Crippen molar-refractivity contribution in [1.82, 2.24) is 4.90 Å². The van der Waals surface area contributed by atoms with E-state index >= 15 is 0 Å². The van der Waals surface area contributed by atoms with Crippen molar-refractivity contribution in [1.29, 1.82) is 0 Å². The van der Waals surface area contributed by atoms with Gasteiger partial charge in [-0.1, -0.05) is 32.1 Å². The predicted molar refractivity (Wildman–Crippen MR) is 63.1 cm³/mol. The van der Waals surface area contributed by atoms with E-state index in [9.17, 15) is 0 Å². The summed E-state index contributed by atoms with van der Waals surface area (Å²) in [6.07, 6.45) is 10.3. The Kier molecular flexibility index (Phi) is 4.94. The molecule has 0 atom stereocenters. The van der Waals surface area contributed by atoms with Gasteiger partial charge in [0, 0.05) is 13.1 Å². The molecule has 0 unspecified atom stereocenters. The van der Waals surface area contributed by atoms with Crippen LogP contribution in [0.15, 0.2) is 0 Å². The molecule has 0 amide bonds. The van der Waals surface area contributed by atoms with Crippen LogP contribution in [-0.2, 0) is 4.74 Å². The highest BCUT2D eigenvalue weighted by Gasteiger charge is 2.14. The maximum absolute atomic E-state index is 5.35. The van der Waals surface area contributed by atoms with E-state index in [1.807, 2.05) is 0 Å². The molecule has 0 aromatic rings. The molecular weight excluding hydrogens is 186 g/mol. The lowest BCUT2D eigenvalue weighted by molar-refractivity contribution is 0.0364. The van der Waals surface area contributed by atoms with Crippen molar-refractivity contribution in [3.63, 3.8) is 0 Å². The van der Waals surface area contributed by atoms with Gasteiger partial charge in [0.2, 0.25) is 0 Å². The molecule has 15 heavy (non-hydrogen) atoms. The largest absolute Gasteiger partial charge is 0.379 e. The average molecular weight is 211 g/mol. The monoisotopic (exact) mass is 211 g/mol. The van der Waals surface area contributed by atoms with Gasteiger partial charge in [-0.3, -0.25) is 4.90 Å². The minimum Gasteiger partial charge on any atom is -0.379 e. The molecule has 2 fully saturated rings. The molecule has 2 heteroatoms. The number of ether oxygens (including phenoxy) is 1. The molecule has 0 bridgehead atoms. The summed E-state index contributed by atoms with van der Waals surface area (Å²) >= 11 is 0. The minimum atomic E-state index is 0.948. The molecule has 2 aliphatic rings. The van der Waals surface area contributed by atoms with Crippen LogP contribution >= 0.6 is 0 Å². The van der Waals surface area contributed by atoms with Gasteiger partial charge in [-0.05, 0) is 25.3 Å². The molecule has 2 nitrogen and oxygen atoms in total. The van der Waals surface area contributed by atoms with E-state index in [0.29, 0.717) is 0 Å². The summed E-state index contributed by atoms with van der Waals surface area (Å²) in [5, 5.41) is 0. The average Bonchev–Trinajstić information content (AvgIpc) is 2.32. The van der Waals surface area contributed by atoms with Crippen molar-refractivity contribution in [3.8, 4) is 0 Å². The van der Waals surface area contributed by atoms with Crippen molar-refractivity contribution >= 4 is 0 Å². The van der Waals surface area contributed by atoms with Crippen LogP contribution < -0.4 is 0 Å². The molecule has 0 radical (unpaired) electrons. The zero-order chi connectivity index (χ0) is 10.3. The van der Waals surface area contributed by atoms with Gasteiger partial charge >= 0.3 is 0 Å². The molecule has 1 heterocycles. The van der Waals surface area contributed by atoms with E-state index in [-0.39, 0.29) is 0 Å². The molecule has 1 saturated carbocycles. The second-order valence-electron chi connectivity index (χ2n) is 5.10. The van der Waals surface area contributed by atoms with Crippen molar-refractivity contribution in [2.75, 3.05) is 32.8 Å². The molecular formula is C13H25NO. The first-order valence-electron chi connectivity index (χ1n) is 6.75. The second-order valence-corrected chi connectivity index (χ2v) is 5.10. The SMILES string of the molecule is C1CCC(CCCN2CCOCC2)CC1. The summed E-state index contributed by atoms with van der Waals surface area (Å²) in [5.41, 5.74) is 0. The van der Waals surface area contributed by atoms with Crippen molar-refractivity contribution < 1.29 is 4.74 Å². The van der Waals surface area contributed by atoms with Crippen LogP contribution in [0.2, 0.25) is 0 Å². The highest BCUT2D eigenvalue weighted by Crippen LogP contribution is 2.27. The first-order chi connectivity index (χ1) is 7.45. The summed E-state index contributed by atoms with van der Waals surface area (Å²) in [4.78, 5) is 2.56.